The Morgan fingerprint density at radius 1 is 1.65 bits per heavy atom. The van der Waals surface area contributed by atoms with E-state index in [9.17, 15) is 4.79 Å². The molecule has 1 fully saturated rings. The molecule has 1 aliphatic rings. The summed E-state index contributed by atoms with van der Waals surface area (Å²) in [5.74, 6) is 0.595. The first kappa shape index (κ1) is 11.9. The van der Waals surface area contributed by atoms with Crippen molar-refractivity contribution in [2.75, 3.05) is 18.5 Å². The van der Waals surface area contributed by atoms with Gasteiger partial charge in [0.15, 0.2) is 0 Å². The number of rotatable bonds is 3. The maximum atomic E-state index is 11.6. The van der Waals surface area contributed by atoms with Gasteiger partial charge in [-0.25, -0.2) is 9.78 Å². The number of carbonyl (C=O) groups excluding carboxylic acids is 1. The minimum absolute atomic E-state index is 0.158. The summed E-state index contributed by atoms with van der Waals surface area (Å²) in [5, 5.41) is 5.50. The molecule has 0 radical (unpaired) electrons. The molecule has 1 aliphatic heterocycles. The van der Waals surface area contributed by atoms with Crippen molar-refractivity contribution in [2.24, 2.45) is 0 Å². The topological polar surface area (TPSA) is 63.2 Å². The van der Waals surface area contributed by atoms with Gasteiger partial charge in [0, 0.05) is 19.3 Å². The van der Waals surface area contributed by atoms with E-state index in [1.54, 1.807) is 6.20 Å². The number of urea groups is 1. The SMILES string of the molecule is Cc1cccnc1NC(=O)NC[C@@H]1CCCO1. The third-order valence-electron chi connectivity index (χ3n) is 2.76. The van der Waals surface area contributed by atoms with Gasteiger partial charge in [-0.2, -0.15) is 0 Å². The molecule has 0 aliphatic carbocycles. The summed E-state index contributed by atoms with van der Waals surface area (Å²) in [4.78, 5) is 15.7. The van der Waals surface area contributed by atoms with Gasteiger partial charge in [-0.15, -0.1) is 0 Å². The summed E-state index contributed by atoms with van der Waals surface area (Å²) < 4.78 is 5.42. The van der Waals surface area contributed by atoms with Crippen LogP contribution in [0.1, 0.15) is 18.4 Å². The molecule has 0 saturated carbocycles. The number of hydrogen-bond donors (Lipinski definition) is 2. The zero-order valence-corrected chi connectivity index (χ0v) is 9.90. The van der Waals surface area contributed by atoms with Crippen LogP contribution >= 0.6 is 0 Å². The first-order valence-corrected chi connectivity index (χ1v) is 5.84. The summed E-state index contributed by atoms with van der Waals surface area (Å²) in [6.45, 7) is 3.26. The van der Waals surface area contributed by atoms with E-state index in [1.165, 1.54) is 0 Å². The molecule has 1 atom stereocenters. The normalized spacial score (nSPS) is 19.0. The van der Waals surface area contributed by atoms with E-state index in [1.807, 2.05) is 19.1 Å². The third kappa shape index (κ3) is 3.42. The Balaban J connectivity index is 1.79. The lowest BCUT2D eigenvalue weighted by Crippen LogP contribution is -2.35. The Bertz CT molecular complexity index is 389. The molecular weight excluding hydrogens is 218 g/mol. The fourth-order valence-corrected chi connectivity index (χ4v) is 1.78. The molecule has 92 valence electrons. The zero-order chi connectivity index (χ0) is 12.1. The van der Waals surface area contributed by atoms with E-state index in [0.717, 1.165) is 25.0 Å². The molecule has 0 aromatic carbocycles. The Morgan fingerprint density at radius 3 is 3.24 bits per heavy atom. The van der Waals surface area contributed by atoms with Crippen LogP contribution in [0.3, 0.4) is 0 Å². The molecule has 1 aromatic rings. The van der Waals surface area contributed by atoms with Crippen molar-refractivity contribution in [1.82, 2.24) is 10.3 Å². The Hall–Kier alpha value is -1.62. The van der Waals surface area contributed by atoms with E-state index in [-0.39, 0.29) is 12.1 Å². The second-order valence-corrected chi connectivity index (χ2v) is 4.14. The van der Waals surface area contributed by atoms with Gasteiger partial charge in [-0.05, 0) is 31.4 Å². The Kier molecular flexibility index (Phi) is 3.93. The predicted octanol–water partition coefficient (Wildman–Crippen LogP) is 1.69. The van der Waals surface area contributed by atoms with E-state index >= 15 is 0 Å². The second kappa shape index (κ2) is 5.63. The zero-order valence-electron chi connectivity index (χ0n) is 9.90. The summed E-state index contributed by atoms with van der Waals surface area (Å²) in [6, 6.07) is 3.51. The summed E-state index contributed by atoms with van der Waals surface area (Å²) in [7, 11) is 0. The van der Waals surface area contributed by atoms with Crippen LogP contribution in [-0.4, -0.2) is 30.3 Å². The largest absolute Gasteiger partial charge is 0.376 e. The number of carbonyl (C=O) groups is 1. The van der Waals surface area contributed by atoms with E-state index in [4.69, 9.17) is 4.74 Å². The monoisotopic (exact) mass is 235 g/mol. The van der Waals surface area contributed by atoms with Crippen LogP contribution in [-0.2, 0) is 4.74 Å². The van der Waals surface area contributed by atoms with Gasteiger partial charge in [0.05, 0.1) is 6.10 Å². The lowest BCUT2D eigenvalue weighted by molar-refractivity contribution is 0.112. The molecule has 1 saturated heterocycles. The Labute approximate surface area is 101 Å². The van der Waals surface area contributed by atoms with E-state index in [2.05, 4.69) is 15.6 Å². The maximum absolute atomic E-state index is 11.6. The van der Waals surface area contributed by atoms with Crippen molar-refractivity contribution in [1.29, 1.82) is 0 Å². The first-order chi connectivity index (χ1) is 8.25. The first-order valence-electron chi connectivity index (χ1n) is 5.84. The van der Waals surface area contributed by atoms with Gasteiger partial charge in [-0.3, -0.25) is 5.32 Å². The van der Waals surface area contributed by atoms with Gasteiger partial charge in [-0.1, -0.05) is 6.07 Å². The van der Waals surface area contributed by atoms with Crippen molar-refractivity contribution in [2.45, 2.75) is 25.9 Å². The second-order valence-electron chi connectivity index (χ2n) is 4.14. The molecule has 2 amide bonds. The molecule has 2 N–H and O–H groups in total. The summed E-state index contributed by atoms with van der Waals surface area (Å²) in [5.41, 5.74) is 0.944. The fourth-order valence-electron chi connectivity index (χ4n) is 1.78. The average molecular weight is 235 g/mol. The van der Waals surface area contributed by atoms with Crippen LogP contribution in [0, 0.1) is 6.92 Å². The summed E-state index contributed by atoms with van der Waals surface area (Å²) >= 11 is 0. The number of pyridine rings is 1. The van der Waals surface area contributed by atoms with Crippen LogP contribution in [0.2, 0.25) is 0 Å². The van der Waals surface area contributed by atoms with Gasteiger partial charge in [0.2, 0.25) is 0 Å². The molecule has 2 heterocycles. The highest BCUT2D eigenvalue weighted by molar-refractivity contribution is 5.88. The number of hydrogen-bond acceptors (Lipinski definition) is 3. The lowest BCUT2D eigenvalue weighted by atomic mass is 10.2. The number of aromatic nitrogens is 1. The molecule has 5 heteroatoms. The number of ether oxygens (including phenoxy) is 1. The molecule has 17 heavy (non-hydrogen) atoms. The standard InChI is InChI=1S/C12H17N3O2/c1-9-4-2-6-13-11(9)15-12(16)14-8-10-5-3-7-17-10/h2,4,6,10H,3,5,7-8H2,1H3,(H2,13,14,15,16)/t10-/m0/s1. The lowest BCUT2D eigenvalue weighted by Gasteiger charge is -2.12. The van der Waals surface area contributed by atoms with Crippen LogP contribution < -0.4 is 10.6 Å². The molecule has 2 rings (SSSR count). The van der Waals surface area contributed by atoms with Crippen LogP contribution in [0.4, 0.5) is 10.6 Å². The number of aryl methyl sites for hydroxylation is 1. The smallest absolute Gasteiger partial charge is 0.320 e. The highest BCUT2D eigenvalue weighted by atomic mass is 16.5. The van der Waals surface area contributed by atoms with Crippen molar-refractivity contribution in [3.05, 3.63) is 23.9 Å². The number of nitrogens with one attached hydrogen (secondary N) is 2. The van der Waals surface area contributed by atoms with Crippen molar-refractivity contribution < 1.29 is 9.53 Å². The molecule has 1 aromatic heterocycles. The van der Waals surface area contributed by atoms with Crippen molar-refractivity contribution in [3.63, 3.8) is 0 Å². The van der Waals surface area contributed by atoms with E-state index < -0.39 is 0 Å². The number of anilines is 1. The Morgan fingerprint density at radius 2 is 2.53 bits per heavy atom. The van der Waals surface area contributed by atoms with Crippen molar-refractivity contribution in [3.8, 4) is 0 Å². The highest BCUT2D eigenvalue weighted by Crippen LogP contribution is 2.11. The molecule has 5 nitrogen and oxygen atoms in total. The predicted molar refractivity (Wildman–Crippen MR) is 65.0 cm³/mol. The minimum Gasteiger partial charge on any atom is -0.376 e. The number of nitrogens with zero attached hydrogens (tertiary/aromatic N) is 1. The van der Waals surface area contributed by atoms with Gasteiger partial charge in [0.1, 0.15) is 5.82 Å². The quantitative estimate of drug-likeness (QED) is 0.838. The van der Waals surface area contributed by atoms with Crippen LogP contribution in [0.25, 0.3) is 0 Å². The van der Waals surface area contributed by atoms with Gasteiger partial charge < -0.3 is 10.1 Å². The van der Waals surface area contributed by atoms with E-state index in [0.29, 0.717) is 12.4 Å². The average Bonchev–Trinajstić information content (AvgIpc) is 2.82. The third-order valence-corrected chi connectivity index (χ3v) is 2.76. The summed E-state index contributed by atoms with van der Waals surface area (Å²) in [6.07, 6.45) is 3.91. The van der Waals surface area contributed by atoms with Crippen LogP contribution in [0.15, 0.2) is 18.3 Å². The maximum Gasteiger partial charge on any atom is 0.320 e. The van der Waals surface area contributed by atoms with Crippen molar-refractivity contribution >= 4 is 11.8 Å². The molecule has 0 unspecified atom stereocenters. The highest BCUT2D eigenvalue weighted by Gasteiger charge is 2.16. The minimum atomic E-state index is -0.234. The van der Waals surface area contributed by atoms with Crippen LogP contribution in [0.5, 0.6) is 0 Å². The fraction of sp³-hybridized carbons (Fsp3) is 0.500. The molecule has 0 bridgehead atoms. The van der Waals surface area contributed by atoms with Gasteiger partial charge in [0.25, 0.3) is 0 Å². The molecular formula is C12H17N3O2. The number of amides is 2. The van der Waals surface area contributed by atoms with Gasteiger partial charge >= 0.3 is 6.03 Å². The molecule has 0 spiro atoms.